The Morgan fingerprint density at radius 2 is 1.73 bits per heavy atom. The molecule has 4 rings (SSSR count). The molecule has 1 fully saturated rings. The van der Waals surface area contributed by atoms with E-state index in [0.717, 1.165) is 15.3 Å². The zero-order chi connectivity index (χ0) is 18.1. The monoisotopic (exact) mass is 366 g/mol. The highest BCUT2D eigenvalue weighted by atomic mass is 32.1. The number of carbonyl (C=O) groups excluding carboxylic acids is 3. The van der Waals surface area contributed by atoms with Gasteiger partial charge in [0.05, 0.1) is 11.8 Å². The van der Waals surface area contributed by atoms with Gasteiger partial charge in [0.15, 0.2) is 0 Å². The van der Waals surface area contributed by atoms with Gasteiger partial charge in [0.1, 0.15) is 6.54 Å². The highest BCUT2D eigenvalue weighted by molar-refractivity contribution is 7.13. The molecular formula is C20H18N2O3S. The van der Waals surface area contributed by atoms with Crippen LogP contribution in [0.1, 0.15) is 12.8 Å². The molecule has 132 valence electrons. The normalized spacial score (nSPS) is 21.8. The molecule has 2 heterocycles. The first-order valence-corrected chi connectivity index (χ1v) is 9.46. The number of thiophene rings is 1. The van der Waals surface area contributed by atoms with Crippen molar-refractivity contribution in [1.82, 2.24) is 4.90 Å². The number of carbonyl (C=O) groups is 3. The molecule has 1 aliphatic heterocycles. The van der Waals surface area contributed by atoms with Crippen LogP contribution in [0.5, 0.6) is 0 Å². The summed E-state index contributed by atoms with van der Waals surface area (Å²) in [5, 5.41) is 4.83. The number of imide groups is 1. The summed E-state index contributed by atoms with van der Waals surface area (Å²) in [6, 6.07) is 11.5. The van der Waals surface area contributed by atoms with Gasteiger partial charge in [-0.3, -0.25) is 19.3 Å². The fraction of sp³-hybridized carbons (Fsp3) is 0.250. The van der Waals surface area contributed by atoms with E-state index in [4.69, 9.17) is 0 Å². The summed E-state index contributed by atoms with van der Waals surface area (Å²) >= 11 is 1.59. The molecule has 0 spiro atoms. The van der Waals surface area contributed by atoms with Crippen molar-refractivity contribution in [3.05, 3.63) is 53.9 Å². The first-order chi connectivity index (χ1) is 12.6. The topological polar surface area (TPSA) is 66.5 Å². The van der Waals surface area contributed by atoms with Crippen LogP contribution in [-0.2, 0) is 14.4 Å². The Morgan fingerprint density at radius 1 is 1.04 bits per heavy atom. The number of para-hydroxylation sites is 1. The number of hydrogen-bond donors (Lipinski definition) is 1. The van der Waals surface area contributed by atoms with Crippen LogP contribution < -0.4 is 5.32 Å². The van der Waals surface area contributed by atoms with Crippen molar-refractivity contribution in [1.29, 1.82) is 0 Å². The summed E-state index contributed by atoms with van der Waals surface area (Å²) in [6.07, 6.45) is 5.03. The Labute approximate surface area is 155 Å². The Kier molecular flexibility index (Phi) is 4.42. The van der Waals surface area contributed by atoms with Crippen molar-refractivity contribution in [2.45, 2.75) is 12.8 Å². The van der Waals surface area contributed by atoms with Gasteiger partial charge in [-0.1, -0.05) is 36.4 Å². The molecule has 0 saturated carbocycles. The standard InChI is InChI=1S/C20H18N2O3S/c23-18(12-22-19(24)13-6-1-2-7-14(13)20(22)25)21-16-9-4-3-8-15(16)17-10-5-11-26-17/h1-5,8-11,13-14H,6-7,12H2,(H,21,23)/t13-,14-/m1/s1. The van der Waals surface area contributed by atoms with Crippen LogP contribution >= 0.6 is 11.3 Å². The summed E-state index contributed by atoms with van der Waals surface area (Å²) in [7, 11) is 0. The molecule has 1 saturated heterocycles. The van der Waals surface area contributed by atoms with Gasteiger partial charge in [-0.05, 0) is 30.4 Å². The second-order valence-corrected chi connectivity index (χ2v) is 7.44. The molecule has 2 aromatic rings. The van der Waals surface area contributed by atoms with E-state index < -0.39 is 0 Å². The highest BCUT2D eigenvalue weighted by Gasteiger charge is 2.47. The molecule has 2 atom stereocenters. The van der Waals surface area contributed by atoms with E-state index in [2.05, 4.69) is 5.32 Å². The lowest BCUT2D eigenvalue weighted by Crippen LogP contribution is -2.38. The number of rotatable bonds is 4. The molecule has 5 nitrogen and oxygen atoms in total. The predicted octanol–water partition coefficient (Wildman–Crippen LogP) is 3.30. The molecule has 0 bridgehead atoms. The molecule has 1 aromatic heterocycles. The Balaban J connectivity index is 1.49. The summed E-state index contributed by atoms with van der Waals surface area (Å²) < 4.78 is 0. The quantitative estimate of drug-likeness (QED) is 0.667. The molecule has 1 aromatic carbocycles. The third-order valence-corrected chi connectivity index (χ3v) is 5.79. The van der Waals surface area contributed by atoms with E-state index in [1.54, 1.807) is 11.3 Å². The van der Waals surface area contributed by atoms with Gasteiger partial charge in [-0.15, -0.1) is 11.3 Å². The van der Waals surface area contributed by atoms with E-state index in [1.165, 1.54) is 0 Å². The van der Waals surface area contributed by atoms with E-state index in [-0.39, 0.29) is 36.1 Å². The molecule has 2 aliphatic rings. The molecular weight excluding hydrogens is 348 g/mol. The van der Waals surface area contributed by atoms with Crippen LogP contribution in [0, 0.1) is 11.8 Å². The van der Waals surface area contributed by atoms with Gasteiger partial charge in [0.2, 0.25) is 17.7 Å². The number of nitrogens with zero attached hydrogens (tertiary/aromatic N) is 1. The first-order valence-electron chi connectivity index (χ1n) is 8.58. The van der Waals surface area contributed by atoms with Crippen LogP contribution in [0.25, 0.3) is 10.4 Å². The fourth-order valence-electron chi connectivity index (χ4n) is 3.60. The largest absolute Gasteiger partial charge is 0.324 e. The van der Waals surface area contributed by atoms with Crippen LogP contribution in [0.15, 0.2) is 53.9 Å². The van der Waals surface area contributed by atoms with E-state index in [0.29, 0.717) is 18.5 Å². The third kappa shape index (κ3) is 2.97. The highest BCUT2D eigenvalue weighted by Crippen LogP contribution is 2.35. The Morgan fingerprint density at radius 3 is 2.38 bits per heavy atom. The smallest absolute Gasteiger partial charge is 0.244 e. The maximum atomic E-state index is 12.5. The molecule has 3 amide bonds. The van der Waals surface area contributed by atoms with E-state index in [9.17, 15) is 14.4 Å². The fourth-order valence-corrected chi connectivity index (χ4v) is 4.36. The Hall–Kier alpha value is -2.73. The minimum absolute atomic E-state index is 0.231. The number of amides is 3. The number of anilines is 1. The Bertz CT molecular complexity index is 862. The molecule has 1 aliphatic carbocycles. The van der Waals surface area contributed by atoms with Gasteiger partial charge >= 0.3 is 0 Å². The number of hydrogen-bond acceptors (Lipinski definition) is 4. The van der Waals surface area contributed by atoms with Crippen LogP contribution in [0.2, 0.25) is 0 Å². The van der Waals surface area contributed by atoms with Crippen molar-refractivity contribution in [2.75, 3.05) is 11.9 Å². The van der Waals surface area contributed by atoms with Crippen molar-refractivity contribution >= 4 is 34.7 Å². The minimum Gasteiger partial charge on any atom is -0.324 e. The lowest BCUT2D eigenvalue weighted by Gasteiger charge is -2.15. The summed E-state index contributed by atoms with van der Waals surface area (Å²) in [5.74, 6) is -1.43. The first kappa shape index (κ1) is 16.7. The second kappa shape index (κ2) is 6.88. The van der Waals surface area contributed by atoms with Crippen LogP contribution in [-0.4, -0.2) is 29.2 Å². The molecule has 26 heavy (non-hydrogen) atoms. The van der Waals surface area contributed by atoms with Crippen LogP contribution in [0.4, 0.5) is 5.69 Å². The third-order valence-electron chi connectivity index (χ3n) is 4.89. The van der Waals surface area contributed by atoms with Gasteiger partial charge < -0.3 is 5.32 Å². The van der Waals surface area contributed by atoms with Crippen molar-refractivity contribution in [2.24, 2.45) is 11.8 Å². The van der Waals surface area contributed by atoms with Crippen LogP contribution in [0.3, 0.4) is 0 Å². The maximum Gasteiger partial charge on any atom is 0.244 e. The van der Waals surface area contributed by atoms with E-state index >= 15 is 0 Å². The summed E-state index contributed by atoms with van der Waals surface area (Å²) in [5.41, 5.74) is 1.60. The van der Waals surface area contributed by atoms with Crippen molar-refractivity contribution in [3.63, 3.8) is 0 Å². The predicted molar refractivity (Wildman–Crippen MR) is 100 cm³/mol. The average Bonchev–Trinajstić information content (AvgIpc) is 3.26. The maximum absolute atomic E-state index is 12.5. The average molecular weight is 366 g/mol. The summed E-state index contributed by atoms with van der Waals surface area (Å²) in [6.45, 7) is -0.233. The SMILES string of the molecule is O=C(CN1C(=O)[C@@H]2CC=CC[C@H]2C1=O)Nc1ccccc1-c1cccs1. The molecule has 6 heteroatoms. The number of fused-ring (bicyclic) bond motifs is 1. The van der Waals surface area contributed by atoms with Gasteiger partial charge in [-0.25, -0.2) is 0 Å². The zero-order valence-electron chi connectivity index (χ0n) is 14.1. The van der Waals surface area contributed by atoms with Gasteiger partial charge in [0, 0.05) is 16.1 Å². The number of nitrogens with one attached hydrogen (secondary N) is 1. The molecule has 1 N–H and O–H groups in total. The number of benzene rings is 1. The minimum atomic E-state index is -0.359. The van der Waals surface area contributed by atoms with Crippen molar-refractivity contribution < 1.29 is 14.4 Å². The van der Waals surface area contributed by atoms with Crippen molar-refractivity contribution in [3.8, 4) is 10.4 Å². The van der Waals surface area contributed by atoms with E-state index in [1.807, 2.05) is 53.9 Å². The lowest BCUT2D eigenvalue weighted by atomic mass is 9.85. The lowest BCUT2D eigenvalue weighted by molar-refractivity contribution is -0.142. The molecule has 0 radical (unpaired) electrons. The number of likely N-dealkylation sites (tertiary alicyclic amines) is 1. The second-order valence-electron chi connectivity index (χ2n) is 6.49. The van der Waals surface area contributed by atoms with Gasteiger partial charge in [-0.2, -0.15) is 0 Å². The van der Waals surface area contributed by atoms with Gasteiger partial charge in [0.25, 0.3) is 0 Å². The number of allylic oxidation sites excluding steroid dienone is 2. The molecule has 0 unspecified atom stereocenters. The summed E-state index contributed by atoms with van der Waals surface area (Å²) in [4.78, 5) is 39.7. The zero-order valence-corrected chi connectivity index (χ0v) is 14.9.